The molecule has 2 saturated heterocycles. The van der Waals surface area contributed by atoms with Gasteiger partial charge in [0, 0.05) is 63.1 Å². The number of hydrogen-bond acceptors (Lipinski definition) is 5. The highest BCUT2D eigenvalue weighted by Gasteiger charge is 2.37. The van der Waals surface area contributed by atoms with E-state index in [1.54, 1.807) is 10.7 Å². The van der Waals surface area contributed by atoms with Crippen molar-refractivity contribution in [3.63, 3.8) is 0 Å². The second-order valence-corrected chi connectivity index (χ2v) is 8.39. The Kier molecular flexibility index (Phi) is 4.82. The van der Waals surface area contributed by atoms with Crippen LogP contribution in [0.1, 0.15) is 39.3 Å². The molecular weight excluding hydrogens is 306 g/mol. The van der Waals surface area contributed by atoms with Crippen LogP contribution in [0, 0.1) is 5.92 Å². The number of aliphatic hydroxyl groups is 1. The molecule has 0 atom stereocenters. The van der Waals surface area contributed by atoms with Crippen LogP contribution in [0.25, 0.3) is 0 Å². The van der Waals surface area contributed by atoms with E-state index in [0.29, 0.717) is 45.1 Å². The van der Waals surface area contributed by atoms with Crippen molar-refractivity contribution in [3.8, 4) is 0 Å². The van der Waals surface area contributed by atoms with Gasteiger partial charge in [0.1, 0.15) is 0 Å². The van der Waals surface area contributed by atoms with Crippen LogP contribution in [0.3, 0.4) is 0 Å². The predicted octanol–water partition coefficient (Wildman–Crippen LogP) is 1.01. The molecule has 1 aromatic heterocycles. The summed E-state index contributed by atoms with van der Waals surface area (Å²) < 4.78 is 6.93. The van der Waals surface area contributed by atoms with E-state index in [9.17, 15) is 9.90 Å². The molecule has 0 spiro atoms. The zero-order valence-corrected chi connectivity index (χ0v) is 15.0. The summed E-state index contributed by atoms with van der Waals surface area (Å²) in [5.41, 5.74) is 0.233. The number of aromatic nitrogens is 2. The zero-order valence-electron chi connectivity index (χ0n) is 15.0. The molecule has 24 heavy (non-hydrogen) atoms. The Morgan fingerprint density at radius 3 is 2.58 bits per heavy atom. The van der Waals surface area contributed by atoms with Crippen LogP contribution in [0.4, 0.5) is 0 Å². The van der Waals surface area contributed by atoms with Crippen LogP contribution in [-0.2, 0) is 16.7 Å². The number of likely N-dealkylation sites (tertiary alicyclic amines) is 1. The van der Waals surface area contributed by atoms with E-state index in [4.69, 9.17) is 4.74 Å². The molecule has 2 aliphatic rings. The molecule has 0 aliphatic carbocycles. The minimum Gasteiger partial charge on any atom is -0.388 e. The van der Waals surface area contributed by atoms with Crippen molar-refractivity contribution in [1.82, 2.24) is 14.7 Å². The highest BCUT2D eigenvalue weighted by Crippen LogP contribution is 2.26. The Bertz CT molecular complexity index is 623. The average Bonchev–Trinajstić information content (AvgIpc) is 2.46. The normalized spacial score (nSPS) is 22.3. The lowest BCUT2D eigenvalue weighted by atomic mass is 9.90. The Morgan fingerprint density at radius 2 is 1.96 bits per heavy atom. The van der Waals surface area contributed by atoms with Gasteiger partial charge in [-0.25, -0.2) is 4.68 Å². The molecule has 0 bridgehead atoms. The second kappa shape index (κ2) is 6.58. The second-order valence-electron chi connectivity index (χ2n) is 8.39. The lowest BCUT2D eigenvalue weighted by Crippen LogP contribution is -2.56. The van der Waals surface area contributed by atoms with Gasteiger partial charge in [-0.3, -0.25) is 9.69 Å². The Morgan fingerprint density at radius 1 is 1.29 bits per heavy atom. The van der Waals surface area contributed by atoms with Gasteiger partial charge in [-0.15, -0.1) is 0 Å². The van der Waals surface area contributed by atoms with Crippen molar-refractivity contribution < 1.29 is 9.84 Å². The van der Waals surface area contributed by atoms with Gasteiger partial charge in [-0.2, -0.15) is 5.10 Å². The van der Waals surface area contributed by atoms with E-state index in [1.165, 1.54) is 0 Å². The van der Waals surface area contributed by atoms with Gasteiger partial charge >= 0.3 is 0 Å². The van der Waals surface area contributed by atoms with Crippen molar-refractivity contribution in [1.29, 1.82) is 0 Å². The van der Waals surface area contributed by atoms with E-state index in [2.05, 4.69) is 30.8 Å². The first-order valence-electron chi connectivity index (χ1n) is 8.86. The van der Waals surface area contributed by atoms with Gasteiger partial charge in [0.2, 0.25) is 0 Å². The molecule has 3 heterocycles. The number of rotatable bonds is 4. The fraction of sp³-hybridized carbons (Fsp3) is 0.778. The summed E-state index contributed by atoms with van der Waals surface area (Å²) in [4.78, 5) is 14.3. The van der Waals surface area contributed by atoms with Crippen molar-refractivity contribution in [2.24, 2.45) is 5.92 Å². The third kappa shape index (κ3) is 4.05. The van der Waals surface area contributed by atoms with Gasteiger partial charge in [0.05, 0.1) is 17.8 Å². The highest BCUT2D eigenvalue weighted by molar-refractivity contribution is 5.10. The van der Waals surface area contributed by atoms with E-state index in [0.717, 1.165) is 18.8 Å². The van der Waals surface area contributed by atoms with Crippen LogP contribution in [-0.4, -0.2) is 58.2 Å². The lowest BCUT2D eigenvalue weighted by molar-refractivity contribution is -0.0956. The van der Waals surface area contributed by atoms with Crippen LogP contribution in [0.2, 0.25) is 0 Å². The summed E-state index contributed by atoms with van der Waals surface area (Å²) in [5.74, 6) is 0.425. The third-order valence-corrected chi connectivity index (χ3v) is 5.04. The summed E-state index contributed by atoms with van der Waals surface area (Å²) in [6.07, 6.45) is 1.42. The molecule has 6 nitrogen and oxygen atoms in total. The molecule has 0 radical (unpaired) electrons. The Labute approximate surface area is 143 Å². The predicted molar refractivity (Wildman–Crippen MR) is 92.1 cm³/mol. The topological polar surface area (TPSA) is 67.6 Å². The molecule has 2 fully saturated rings. The van der Waals surface area contributed by atoms with Gasteiger partial charge in [-0.1, -0.05) is 20.8 Å². The molecule has 2 aliphatic heterocycles. The molecule has 0 aromatic carbocycles. The van der Waals surface area contributed by atoms with Crippen LogP contribution >= 0.6 is 0 Å². The summed E-state index contributed by atoms with van der Waals surface area (Å²) in [6, 6.07) is 3.45. The molecule has 134 valence electrons. The Balaban J connectivity index is 1.55. The number of β-amino-alcohol motifs (C(OH)–C–C–N with tert-alkyl or cyclic N) is 1. The lowest BCUT2D eigenvalue weighted by Gasteiger charge is -2.44. The van der Waals surface area contributed by atoms with Gasteiger partial charge in [0.15, 0.2) is 0 Å². The summed E-state index contributed by atoms with van der Waals surface area (Å²) in [5, 5.41) is 15.1. The van der Waals surface area contributed by atoms with Crippen molar-refractivity contribution in [3.05, 3.63) is 28.2 Å². The van der Waals surface area contributed by atoms with E-state index >= 15 is 0 Å². The van der Waals surface area contributed by atoms with Crippen molar-refractivity contribution in [2.75, 3.05) is 32.8 Å². The smallest absolute Gasteiger partial charge is 0.266 e. The maximum absolute atomic E-state index is 12.1. The van der Waals surface area contributed by atoms with Crippen LogP contribution in [0.5, 0.6) is 0 Å². The third-order valence-electron chi connectivity index (χ3n) is 5.04. The SMILES string of the molecule is CC(C)(C)c1ccc(=O)n(CC2CN(CC3(O)CCOCC3)C2)n1. The number of hydrogen-bond donors (Lipinski definition) is 1. The quantitative estimate of drug-likeness (QED) is 0.890. The maximum atomic E-state index is 12.1. The largest absolute Gasteiger partial charge is 0.388 e. The fourth-order valence-electron chi connectivity index (χ4n) is 3.47. The summed E-state index contributed by atoms with van der Waals surface area (Å²) >= 11 is 0. The molecule has 1 N–H and O–H groups in total. The van der Waals surface area contributed by atoms with Crippen molar-refractivity contribution in [2.45, 2.75) is 51.2 Å². The van der Waals surface area contributed by atoms with Crippen LogP contribution < -0.4 is 5.56 Å². The molecule has 0 unspecified atom stereocenters. The van der Waals surface area contributed by atoms with Gasteiger partial charge < -0.3 is 9.84 Å². The average molecular weight is 335 g/mol. The highest BCUT2D eigenvalue weighted by atomic mass is 16.5. The van der Waals surface area contributed by atoms with E-state index in [1.807, 2.05) is 6.07 Å². The van der Waals surface area contributed by atoms with E-state index in [-0.39, 0.29) is 11.0 Å². The fourth-order valence-corrected chi connectivity index (χ4v) is 3.47. The number of ether oxygens (including phenoxy) is 1. The minimum absolute atomic E-state index is 0.0375. The first-order chi connectivity index (χ1) is 11.3. The molecular formula is C18H29N3O3. The summed E-state index contributed by atoms with van der Waals surface area (Å²) in [7, 11) is 0. The zero-order chi connectivity index (χ0) is 17.4. The van der Waals surface area contributed by atoms with Crippen molar-refractivity contribution >= 4 is 0 Å². The van der Waals surface area contributed by atoms with Crippen LogP contribution in [0.15, 0.2) is 16.9 Å². The van der Waals surface area contributed by atoms with E-state index < -0.39 is 5.60 Å². The molecule has 6 heteroatoms. The van der Waals surface area contributed by atoms with Gasteiger partial charge in [-0.05, 0) is 6.07 Å². The maximum Gasteiger partial charge on any atom is 0.266 e. The first kappa shape index (κ1) is 17.6. The molecule has 0 amide bonds. The monoisotopic (exact) mass is 335 g/mol. The molecule has 0 saturated carbocycles. The summed E-state index contributed by atoms with van der Waals surface area (Å²) in [6.45, 7) is 10.8. The Hall–Kier alpha value is -1.24. The molecule has 3 rings (SSSR count). The molecule has 1 aromatic rings. The standard InChI is InChI=1S/C18H29N3O3/c1-17(2,3)15-4-5-16(22)21(19-15)12-14-10-20(11-14)13-18(23)6-8-24-9-7-18/h4-5,14,23H,6-13H2,1-3H3. The first-order valence-corrected chi connectivity index (χ1v) is 8.86. The number of nitrogens with zero attached hydrogens (tertiary/aromatic N) is 3. The minimum atomic E-state index is -0.607. The van der Waals surface area contributed by atoms with Gasteiger partial charge in [0.25, 0.3) is 5.56 Å².